The van der Waals surface area contributed by atoms with Crippen molar-refractivity contribution in [2.45, 2.75) is 19.4 Å². The molecule has 0 aliphatic heterocycles. The average Bonchev–Trinajstić information content (AvgIpc) is 2.11. The van der Waals surface area contributed by atoms with Gasteiger partial charge in [0.25, 0.3) is 0 Å². The van der Waals surface area contributed by atoms with E-state index in [-0.39, 0.29) is 5.02 Å². The number of halogens is 2. The molecule has 4 heteroatoms. The molecule has 0 fully saturated rings. The predicted molar refractivity (Wildman–Crippen MR) is 52.2 cm³/mol. The molecule has 0 atom stereocenters. The number of aldehydes is 1. The van der Waals surface area contributed by atoms with E-state index in [0.717, 1.165) is 0 Å². The zero-order valence-electron chi connectivity index (χ0n) is 7.88. The number of carbonyl (C=O) groups excluding carboxylic acids is 1. The second kappa shape index (κ2) is 3.96. The third-order valence-electron chi connectivity index (χ3n) is 1.56. The summed E-state index contributed by atoms with van der Waals surface area (Å²) in [4.78, 5) is 10.6. The number of hydrogen-bond donors (Lipinski definition) is 0. The molecule has 0 heterocycles. The van der Waals surface area contributed by atoms with Gasteiger partial charge in [-0.2, -0.15) is 0 Å². The van der Waals surface area contributed by atoms with Gasteiger partial charge in [-0.25, -0.2) is 4.39 Å². The summed E-state index contributed by atoms with van der Waals surface area (Å²) in [5.74, 6) is -0.142. The van der Waals surface area contributed by atoms with Crippen LogP contribution in [-0.4, -0.2) is 11.9 Å². The first-order valence-electron chi connectivity index (χ1n) is 4.05. The molecule has 0 spiro atoms. The van der Waals surface area contributed by atoms with Crippen molar-refractivity contribution in [3.63, 3.8) is 0 Å². The standard InChI is InChI=1S/C10H10ClFO2/c1-10(2,6-13)14-7-3-4-9(12)8(11)5-7/h3-6H,1-2H3. The summed E-state index contributed by atoms with van der Waals surface area (Å²) in [6.07, 6.45) is 0.671. The smallest absolute Gasteiger partial charge is 0.162 e. The van der Waals surface area contributed by atoms with E-state index in [4.69, 9.17) is 16.3 Å². The molecule has 0 aromatic heterocycles. The molecule has 0 unspecified atom stereocenters. The number of benzene rings is 1. The fraction of sp³-hybridized carbons (Fsp3) is 0.300. The first kappa shape index (κ1) is 11.0. The SMILES string of the molecule is CC(C)(C=O)Oc1ccc(F)c(Cl)c1. The second-order valence-corrected chi connectivity index (χ2v) is 3.81. The van der Waals surface area contributed by atoms with Crippen LogP contribution in [0.15, 0.2) is 18.2 Å². The van der Waals surface area contributed by atoms with E-state index >= 15 is 0 Å². The molecule has 0 aliphatic carbocycles. The van der Waals surface area contributed by atoms with Gasteiger partial charge in [0, 0.05) is 6.07 Å². The van der Waals surface area contributed by atoms with E-state index < -0.39 is 11.4 Å². The average molecular weight is 217 g/mol. The first-order valence-corrected chi connectivity index (χ1v) is 4.43. The molecule has 1 aromatic carbocycles. The minimum Gasteiger partial charge on any atom is -0.480 e. The summed E-state index contributed by atoms with van der Waals surface area (Å²) in [6.45, 7) is 3.22. The van der Waals surface area contributed by atoms with Gasteiger partial charge in [0.1, 0.15) is 11.6 Å². The Bertz CT molecular complexity index is 350. The molecule has 0 radical (unpaired) electrons. The molecule has 1 rings (SSSR count). The van der Waals surface area contributed by atoms with Crippen LogP contribution in [0.4, 0.5) is 4.39 Å². The third kappa shape index (κ3) is 2.70. The summed E-state index contributed by atoms with van der Waals surface area (Å²) in [6, 6.07) is 3.95. The molecule has 14 heavy (non-hydrogen) atoms. The first-order chi connectivity index (χ1) is 6.44. The maximum Gasteiger partial charge on any atom is 0.162 e. The number of ether oxygens (including phenoxy) is 1. The van der Waals surface area contributed by atoms with Crippen molar-refractivity contribution in [3.05, 3.63) is 29.0 Å². The monoisotopic (exact) mass is 216 g/mol. The maximum atomic E-state index is 12.8. The molecule has 0 bridgehead atoms. The number of hydrogen-bond acceptors (Lipinski definition) is 2. The van der Waals surface area contributed by atoms with E-state index in [1.807, 2.05) is 0 Å². The highest BCUT2D eigenvalue weighted by molar-refractivity contribution is 6.30. The van der Waals surface area contributed by atoms with Gasteiger partial charge in [-0.1, -0.05) is 11.6 Å². The summed E-state index contributed by atoms with van der Waals surface area (Å²) in [5.41, 5.74) is -0.929. The fourth-order valence-corrected chi connectivity index (χ4v) is 1.04. The van der Waals surface area contributed by atoms with Crippen LogP contribution in [0.25, 0.3) is 0 Å². The lowest BCUT2D eigenvalue weighted by Crippen LogP contribution is -2.29. The van der Waals surface area contributed by atoms with Crippen molar-refractivity contribution in [2.24, 2.45) is 0 Å². The minimum absolute atomic E-state index is 0.0239. The Morgan fingerprint density at radius 2 is 2.14 bits per heavy atom. The number of carbonyl (C=O) groups is 1. The van der Waals surface area contributed by atoms with Crippen molar-refractivity contribution in [1.29, 1.82) is 0 Å². The molecule has 0 N–H and O–H groups in total. The van der Waals surface area contributed by atoms with E-state index in [9.17, 15) is 9.18 Å². The Kier molecular flexibility index (Phi) is 3.11. The summed E-state index contributed by atoms with van der Waals surface area (Å²) in [7, 11) is 0. The minimum atomic E-state index is -0.929. The molecule has 0 saturated heterocycles. The van der Waals surface area contributed by atoms with Crippen LogP contribution >= 0.6 is 11.6 Å². The zero-order chi connectivity index (χ0) is 10.8. The van der Waals surface area contributed by atoms with Gasteiger partial charge in [0.05, 0.1) is 5.02 Å². The van der Waals surface area contributed by atoms with E-state index in [1.54, 1.807) is 13.8 Å². The van der Waals surface area contributed by atoms with Crippen LogP contribution in [-0.2, 0) is 4.79 Å². The molecule has 0 saturated carbocycles. The summed E-state index contributed by atoms with van der Waals surface area (Å²) in [5, 5.41) is -0.0239. The lowest BCUT2D eigenvalue weighted by Gasteiger charge is -2.19. The quantitative estimate of drug-likeness (QED) is 0.727. The second-order valence-electron chi connectivity index (χ2n) is 3.40. The predicted octanol–water partition coefficient (Wildman–Crippen LogP) is 2.84. The van der Waals surface area contributed by atoms with Crippen molar-refractivity contribution in [1.82, 2.24) is 0 Å². The van der Waals surface area contributed by atoms with Crippen molar-refractivity contribution in [3.8, 4) is 5.75 Å². The van der Waals surface area contributed by atoms with E-state index in [2.05, 4.69) is 0 Å². The van der Waals surface area contributed by atoms with Gasteiger partial charge in [-0.3, -0.25) is 4.79 Å². The highest BCUT2D eigenvalue weighted by Crippen LogP contribution is 2.23. The highest BCUT2D eigenvalue weighted by Gasteiger charge is 2.18. The topological polar surface area (TPSA) is 26.3 Å². The van der Waals surface area contributed by atoms with Gasteiger partial charge in [-0.05, 0) is 26.0 Å². The van der Waals surface area contributed by atoms with Gasteiger partial charge in [0.2, 0.25) is 0 Å². The molecule has 0 amide bonds. The van der Waals surface area contributed by atoms with Crippen molar-refractivity contribution in [2.75, 3.05) is 0 Å². The van der Waals surface area contributed by atoms with Gasteiger partial charge in [-0.15, -0.1) is 0 Å². The van der Waals surface area contributed by atoms with Crippen LogP contribution < -0.4 is 4.74 Å². The van der Waals surface area contributed by atoms with Gasteiger partial charge >= 0.3 is 0 Å². The van der Waals surface area contributed by atoms with E-state index in [1.165, 1.54) is 18.2 Å². The van der Waals surface area contributed by atoms with Crippen LogP contribution in [0.1, 0.15) is 13.8 Å². The highest BCUT2D eigenvalue weighted by atomic mass is 35.5. The van der Waals surface area contributed by atoms with Crippen LogP contribution in [0, 0.1) is 5.82 Å². The Morgan fingerprint density at radius 1 is 1.50 bits per heavy atom. The summed E-state index contributed by atoms with van der Waals surface area (Å²) >= 11 is 5.54. The Morgan fingerprint density at radius 3 is 2.64 bits per heavy atom. The molecule has 1 aromatic rings. The summed E-state index contributed by atoms with van der Waals surface area (Å²) < 4.78 is 18.0. The third-order valence-corrected chi connectivity index (χ3v) is 1.85. The molecule has 0 aliphatic rings. The van der Waals surface area contributed by atoms with Crippen molar-refractivity contribution < 1.29 is 13.9 Å². The Hall–Kier alpha value is -1.09. The van der Waals surface area contributed by atoms with E-state index in [0.29, 0.717) is 12.0 Å². The molecular weight excluding hydrogens is 207 g/mol. The van der Waals surface area contributed by atoms with Crippen LogP contribution in [0.3, 0.4) is 0 Å². The number of rotatable bonds is 3. The fourth-order valence-electron chi connectivity index (χ4n) is 0.868. The molecule has 76 valence electrons. The largest absolute Gasteiger partial charge is 0.480 e. The van der Waals surface area contributed by atoms with Gasteiger partial charge < -0.3 is 4.74 Å². The normalized spacial score (nSPS) is 11.1. The van der Waals surface area contributed by atoms with Gasteiger partial charge in [0.15, 0.2) is 11.9 Å². The van der Waals surface area contributed by atoms with Crippen LogP contribution in [0.5, 0.6) is 5.75 Å². The molecule has 2 nitrogen and oxygen atoms in total. The Labute approximate surface area is 86.6 Å². The zero-order valence-corrected chi connectivity index (χ0v) is 8.64. The van der Waals surface area contributed by atoms with Crippen molar-refractivity contribution >= 4 is 17.9 Å². The lowest BCUT2D eigenvalue weighted by atomic mass is 10.2. The Balaban J connectivity index is 2.88. The van der Waals surface area contributed by atoms with Crippen LogP contribution in [0.2, 0.25) is 5.02 Å². The molecular formula is C10H10ClFO2. The lowest BCUT2D eigenvalue weighted by molar-refractivity contribution is -0.118. The maximum absolute atomic E-state index is 12.8.